The van der Waals surface area contributed by atoms with Gasteiger partial charge in [0.25, 0.3) is 0 Å². The van der Waals surface area contributed by atoms with Crippen molar-refractivity contribution in [2.45, 2.75) is 6.29 Å². The number of nitrogens with one attached hydrogen (secondary N) is 1. The summed E-state index contributed by atoms with van der Waals surface area (Å²) >= 11 is 0. The van der Waals surface area contributed by atoms with Crippen LogP contribution in [0.15, 0.2) is 18.2 Å². The highest BCUT2D eigenvalue weighted by Crippen LogP contribution is 2.42. The number of fused-ring (bicyclic) bond motifs is 1. The maximum atomic E-state index is 12.9. The number of amides is 1. The SMILES string of the molecule is O=C(CNc1ccc2c(c1)OC(F)(F)O2)N1CCOCC1. The van der Waals surface area contributed by atoms with Crippen molar-refractivity contribution in [2.75, 3.05) is 38.2 Å². The monoisotopic (exact) mass is 300 g/mol. The van der Waals surface area contributed by atoms with Gasteiger partial charge in [0.15, 0.2) is 11.5 Å². The molecule has 2 aliphatic rings. The number of anilines is 1. The van der Waals surface area contributed by atoms with Gasteiger partial charge in [0, 0.05) is 24.8 Å². The summed E-state index contributed by atoms with van der Waals surface area (Å²) in [6.07, 6.45) is -3.63. The molecule has 0 saturated carbocycles. The number of alkyl halides is 2. The standard InChI is InChI=1S/C13H14F2N2O4/c14-13(15)20-10-2-1-9(7-11(10)21-13)16-8-12(18)17-3-5-19-6-4-17/h1-2,7,16H,3-6,8H2. The number of carbonyl (C=O) groups is 1. The number of carbonyl (C=O) groups excluding carboxylic acids is 1. The summed E-state index contributed by atoms with van der Waals surface area (Å²) in [6, 6.07) is 4.30. The lowest BCUT2D eigenvalue weighted by atomic mass is 10.2. The Morgan fingerprint density at radius 1 is 1.24 bits per heavy atom. The lowest BCUT2D eigenvalue weighted by Crippen LogP contribution is -2.43. The molecule has 1 fully saturated rings. The first kappa shape index (κ1) is 13.9. The van der Waals surface area contributed by atoms with E-state index in [1.807, 2.05) is 0 Å². The summed E-state index contributed by atoms with van der Waals surface area (Å²) in [7, 11) is 0. The fourth-order valence-corrected chi connectivity index (χ4v) is 2.16. The molecule has 0 unspecified atom stereocenters. The van der Waals surface area contributed by atoms with E-state index in [0.717, 1.165) is 0 Å². The molecule has 21 heavy (non-hydrogen) atoms. The minimum atomic E-state index is -3.63. The van der Waals surface area contributed by atoms with Gasteiger partial charge in [-0.1, -0.05) is 0 Å². The Kier molecular flexibility index (Phi) is 3.54. The highest BCUT2D eigenvalue weighted by Gasteiger charge is 2.43. The predicted molar refractivity (Wildman–Crippen MR) is 68.5 cm³/mol. The molecule has 1 aromatic rings. The van der Waals surface area contributed by atoms with E-state index in [4.69, 9.17) is 4.74 Å². The second kappa shape index (κ2) is 5.36. The topological polar surface area (TPSA) is 60.0 Å². The van der Waals surface area contributed by atoms with Crippen LogP contribution in [0, 0.1) is 0 Å². The molecule has 114 valence electrons. The molecule has 2 aliphatic heterocycles. The van der Waals surface area contributed by atoms with Crippen molar-refractivity contribution in [2.24, 2.45) is 0 Å². The normalized spacial score (nSPS) is 19.4. The van der Waals surface area contributed by atoms with Gasteiger partial charge >= 0.3 is 6.29 Å². The summed E-state index contributed by atoms with van der Waals surface area (Å²) in [4.78, 5) is 13.6. The van der Waals surface area contributed by atoms with E-state index >= 15 is 0 Å². The molecule has 2 heterocycles. The van der Waals surface area contributed by atoms with Crippen LogP contribution in [0.25, 0.3) is 0 Å². The second-order valence-electron chi connectivity index (χ2n) is 4.68. The van der Waals surface area contributed by atoms with Crippen LogP contribution in [0.2, 0.25) is 0 Å². The van der Waals surface area contributed by atoms with Crippen LogP contribution in [-0.4, -0.2) is 49.9 Å². The molecule has 0 radical (unpaired) electrons. The quantitative estimate of drug-likeness (QED) is 0.911. The van der Waals surface area contributed by atoms with Crippen LogP contribution in [0.5, 0.6) is 11.5 Å². The number of halogens is 2. The van der Waals surface area contributed by atoms with Gasteiger partial charge in [-0.25, -0.2) is 0 Å². The minimum absolute atomic E-state index is 0.0231. The molecule has 0 aliphatic carbocycles. The third-order valence-electron chi connectivity index (χ3n) is 3.21. The van der Waals surface area contributed by atoms with Crippen molar-refractivity contribution >= 4 is 11.6 Å². The highest BCUT2D eigenvalue weighted by molar-refractivity contribution is 5.81. The predicted octanol–water partition coefficient (Wildman–Crippen LogP) is 1.28. The summed E-state index contributed by atoms with van der Waals surface area (Å²) in [5, 5.41) is 2.89. The fourth-order valence-electron chi connectivity index (χ4n) is 2.16. The molecule has 1 aromatic carbocycles. The van der Waals surface area contributed by atoms with E-state index in [1.165, 1.54) is 12.1 Å². The first-order valence-corrected chi connectivity index (χ1v) is 6.53. The molecule has 6 nitrogen and oxygen atoms in total. The Bertz CT molecular complexity index is 547. The molecule has 0 aromatic heterocycles. The Hall–Kier alpha value is -2.09. The average molecular weight is 300 g/mol. The first-order chi connectivity index (χ1) is 10.0. The van der Waals surface area contributed by atoms with Crippen molar-refractivity contribution in [3.63, 3.8) is 0 Å². The van der Waals surface area contributed by atoms with Crippen molar-refractivity contribution < 1.29 is 27.8 Å². The van der Waals surface area contributed by atoms with E-state index in [0.29, 0.717) is 32.0 Å². The average Bonchev–Trinajstić information content (AvgIpc) is 2.78. The Morgan fingerprint density at radius 2 is 1.95 bits per heavy atom. The zero-order valence-electron chi connectivity index (χ0n) is 11.1. The van der Waals surface area contributed by atoms with Gasteiger partial charge in [-0.2, -0.15) is 0 Å². The molecular weight excluding hydrogens is 286 g/mol. The molecule has 0 spiro atoms. The number of hydrogen-bond acceptors (Lipinski definition) is 5. The third-order valence-corrected chi connectivity index (χ3v) is 3.21. The van der Waals surface area contributed by atoms with Crippen LogP contribution in [-0.2, 0) is 9.53 Å². The lowest BCUT2D eigenvalue weighted by Gasteiger charge is -2.27. The van der Waals surface area contributed by atoms with Crippen molar-refractivity contribution in [3.8, 4) is 11.5 Å². The summed E-state index contributed by atoms with van der Waals surface area (Å²) in [6.45, 7) is 2.27. The molecule has 0 atom stereocenters. The van der Waals surface area contributed by atoms with Gasteiger partial charge < -0.3 is 24.4 Å². The molecule has 1 amide bonds. The van der Waals surface area contributed by atoms with E-state index in [-0.39, 0.29) is 24.0 Å². The number of morpholine rings is 1. The fraction of sp³-hybridized carbons (Fsp3) is 0.462. The lowest BCUT2D eigenvalue weighted by molar-refractivity contribution is -0.286. The van der Waals surface area contributed by atoms with Crippen molar-refractivity contribution in [1.29, 1.82) is 0 Å². The molecule has 1 N–H and O–H groups in total. The van der Waals surface area contributed by atoms with Crippen molar-refractivity contribution in [3.05, 3.63) is 18.2 Å². The van der Waals surface area contributed by atoms with Crippen LogP contribution in [0.4, 0.5) is 14.5 Å². The summed E-state index contributed by atoms with van der Waals surface area (Å²) in [5.41, 5.74) is 0.511. The number of hydrogen-bond donors (Lipinski definition) is 1. The number of benzene rings is 1. The number of nitrogens with zero attached hydrogens (tertiary/aromatic N) is 1. The zero-order valence-corrected chi connectivity index (χ0v) is 11.1. The number of ether oxygens (including phenoxy) is 3. The maximum absolute atomic E-state index is 12.9. The zero-order chi connectivity index (χ0) is 14.9. The van der Waals surface area contributed by atoms with E-state index in [1.54, 1.807) is 11.0 Å². The van der Waals surface area contributed by atoms with Gasteiger partial charge in [-0.05, 0) is 12.1 Å². The van der Waals surface area contributed by atoms with Gasteiger partial charge in [-0.3, -0.25) is 4.79 Å². The van der Waals surface area contributed by atoms with Crippen LogP contribution in [0.3, 0.4) is 0 Å². The van der Waals surface area contributed by atoms with E-state index in [9.17, 15) is 13.6 Å². The molecule has 1 saturated heterocycles. The van der Waals surface area contributed by atoms with Gasteiger partial charge in [0.1, 0.15) is 0 Å². The first-order valence-electron chi connectivity index (χ1n) is 6.53. The summed E-state index contributed by atoms with van der Waals surface area (Å²) < 4.78 is 39.6. The molecule has 3 rings (SSSR count). The van der Waals surface area contributed by atoms with Crippen LogP contribution in [0.1, 0.15) is 0 Å². The van der Waals surface area contributed by atoms with Crippen LogP contribution >= 0.6 is 0 Å². The Morgan fingerprint density at radius 3 is 2.71 bits per heavy atom. The second-order valence-corrected chi connectivity index (χ2v) is 4.68. The maximum Gasteiger partial charge on any atom is 0.586 e. The van der Waals surface area contributed by atoms with E-state index < -0.39 is 6.29 Å². The summed E-state index contributed by atoms with van der Waals surface area (Å²) in [5.74, 6) is -0.143. The van der Waals surface area contributed by atoms with Crippen molar-refractivity contribution in [1.82, 2.24) is 4.90 Å². The van der Waals surface area contributed by atoms with Gasteiger partial charge in [0.2, 0.25) is 5.91 Å². The molecular formula is C13H14F2N2O4. The van der Waals surface area contributed by atoms with E-state index in [2.05, 4.69) is 14.8 Å². The minimum Gasteiger partial charge on any atom is -0.395 e. The largest absolute Gasteiger partial charge is 0.586 e. The molecule has 8 heteroatoms. The Balaban J connectivity index is 1.58. The molecule has 0 bridgehead atoms. The third kappa shape index (κ3) is 3.15. The van der Waals surface area contributed by atoms with Crippen LogP contribution < -0.4 is 14.8 Å². The number of rotatable bonds is 3. The Labute approximate surface area is 119 Å². The van der Waals surface area contributed by atoms with Gasteiger partial charge in [0.05, 0.1) is 19.8 Å². The smallest absolute Gasteiger partial charge is 0.395 e. The highest BCUT2D eigenvalue weighted by atomic mass is 19.3. The van der Waals surface area contributed by atoms with Gasteiger partial charge in [-0.15, -0.1) is 8.78 Å².